The van der Waals surface area contributed by atoms with Gasteiger partial charge in [-0.05, 0) is 42.8 Å². The normalized spacial score (nSPS) is 11.5. The van der Waals surface area contributed by atoms with Gasteiger partial charge in [0.1, 0.15) is 5.52 Å². The van der Waals surface area contributed by atoms with Crippen LogP contribution >= 0.6 is 11.6 Å². The maximum Gasteiger partial charge on any atom is 0.335 e. The van der Waals surface area contributed by atoms with E-state index in [2.05, 4.69) is 10.3 Å². The maximum absolute atomic E-state index is 11.4. The third-order valence-corrected chi connectivity index (χ3v) is 3.83. The predicted octanol–water partition coefficient (Wildman–Crippen LogP) is 4.14. The van der Waals surface area contributed by atoms with Crippen molar-refractivity contribution in [2.24, 2.45) is 0 Å². The number of oxazole rings is 1. The highest BCUT2D eigenvalue weighted by atomic mass is 35.5. The number of nitrogens with zero attached hydrogens (tertiary/aromatic N) is 1. The minimum absolute atomic E-state index is 0.144. The number of aromatic nitrogens is 1. The summed E-state index contributed by atoms with van der Waals surface area (Å²) in [5, 5.41) is 12.5. The first-order valence-corrected chi connectivity index (χ1v) is 7.68. The third-order valence-electron chi connectivity index (χ3n) is 3.59. The quantitative estimate of drug-likeness (QED) is 0.527. The Bertz CT molecular complexity index is 1010. The van der Waals surface area contributed by atoms with Crippen LogP contribution in [0, 0.1) is 6.92 Å². The number of rotatable bonds is 5. The lowest BCUT2D eigenvalue weighted by molar-refractivity contribution is -0.103. The number of carbonyl (C=O) groups is 2. The molecule has 0 saturated carbocycles. The van der Waals surface area contributed by atoms with Crippen LogP contribution in [0.25, 0.3) is 16.7 Å². The molecule has 0 radical (unpaired) electrons. The maximum atomic E-state index is 11.4. The Morgan fingerprint density at radius 2 is 2.08 bits per heavy atom. The van der Waals surface area contributed by atoms with E-state index in [1.165, 1.54) is 18.3 Å². The lowest BCUT2D eigenvalue weighted by Crippen LogP contribution is -2.00. The van der Waals surface area contributed by atoms with E-state index in [0.717, 1.165) is 5.56 Å². The molecule has 0 saturated heterocycles. The summed E-state index contributed by atoms with van der Waals surface area (Å²) in [5.74, 6) is -0.884. The molecule has 25 heavy (non-hydrogen) atoms. The predicted molar refractivity (Wildman–Crippen MR) is 94.8 cm³/mol. The molecular formula is C18H13ClN2O4. The summed E-state index contributed by atoms with van der Waals surface area (Å²) in [5.41, 5.74) is 2.78. The Morgan fingerprint density at radius 3 is 2.80 bits per heavy atom. The number of aromatic carboxylic acids is 1. The SMILES string of the molecule is Cc1ccc(C(=O)O)cc1NC=C(C=O)c1nc2cc(Cl)ccc2o1. The van der Waals surface area contributed by atoms with E-state index >= 15 is 0 Å². The molecule has 0 bridgehead atoms. The lowest BCUT2D eigenvalue weighted by Gasteiger charge is -2.07. The van der Waals surface area contributed by atoms with Gasteiger partial charge in [0, 0.05) is 16.9 Å². The van der Waals surface area contributed by atoms with Crippen molar-refractivity contribution in [3.8, 4) is 0 Å². The number of carboxylic acid groups (broad SMARTS) is 1. The number of halogens is 1. The molecule has 0 atom stereocenters. The lowest BCUT2D eigenvalue weighted by atomic mass is 10.1. The standard InChI is InChI=1S/C18H13ClN2O4/c1-10-2-3-11(18(23)24)6-14(10)20-8-12(9-22)17-21-15-7-13(19)4-5-16(15)25-17/h2-9,20H,1H3,(H,23,24). The first kappa shape index (κ1) is 16.7. The van der Waals surface area contributed by atoms with Crippen molar-refractivity contribution in [3.05, 3.63) is 64.6 Å². The van der Waals surface area contributed by atoms with Gasteiger partial charge in [-0.2, -0.15) is 0 Å². The Kier molecular flexibility index (Phi) is 4.54. The highest BCUT2D eigenvalue weighted by Gasteiger charge is 2.11. The smallest absolute Gasteiger partial charge is 0.335 e. The van der Waals surface area contributed by atoms with Crippen molar-refractivity contribution in [2.45, 2.75) is 6.92 Å². The van der Waals surface area contributed by atoms with Crippen LogP contribution in [0.15, 0.2) is 47.0 Å². The minimum Gasteiger partial charge on any atom is -0.478 e. The average Bonchev–Trinajstić information content (AvgIpc) is 2.99. The van der Waals surface area contributed by atoms with E-state index in [0.29, 0.717) is 28.1 Å². The molecule has 1 aromatic heterocycles. The number of nitrogens with one attached hydrogen (secondary N) is 1. The third kappa shape index (κ3) is 3.54. The fourth-order valence-corrected chi connectivity index (χ4v) is 2.40. The second-order valence-corrected chi connectivity index (χ2v) is 5.76. The number of carboxylic acids is 1. The molecule has 7 heteroatoms. The molecule has 0 amide bonds. The Hall–Kier alpha value is -3.12. The van der Waals surface area contributed by atoms with Gasteiger partial charge in [0.2, 0.25) is 5.89 Å². The summed E-state index contributed by atoms with van der Waals surface area (Å²) in [6.45, 7) is 1.82. The zero-order valence-electron chi connectivity index (χ0n) is 13.1. The molecule has 3 rings (SSSR count). The van der Waals surface area contributed by atoms with Gasteiger partial charge in [-0.25, -0.2) is 9.78 Å². The second kappa shape index (κ2) is 6.78. The summed E-state index contributed by atoms with van der Waals surface area (Å²) < 4.78 is 5.55. The van der Waals surface area contributed by atoms with Gasteiger partial charge in [0.15, 0.2) is 11.9 Å². The highest BCUT2D eigenvalue weighted by molar-refractivity contribution is 6.31. The first-order chi connectivity index (χ1) is 12.0. The molecule has 0 fully saturated rings. The van der Waals surface area contributed by atoms with Crippen LogP contribution in [0.3, 0.4) is 0 Å². The zero-order valence-corrected chi connectivity index (χ0v) is 13.9. The molecule has 1 heterocycles. The average molecular weight is 357 g/mol. The van der Waals surface area contributed by atoms with E-state index < -0.39 is 5.97 Å². The summed E-state index contributed by atoms with van der Waals surface area (Å²) in [6, 6.07) is 9.66. The van der Waals surface area contributed by atoms with Crippen LogP contribution in [0.1, 0.15) is 21.8 Å². The number of carbonyl (C=O) groups excluding carboxylic acids is 1. The van der Waals surface area contributed by atoms with Crippen LogP contribution in [0.5, 0.6) is 0 Å². The number of aryl methyl sites for hydroxylation is 1. The molecule has 0 aliphatic heterocycles. The van der Waals surface area contributed by atoms with E-state index in [1.54, 1.807) is 24.3 Å². The van der Waals surface area contributed by atoms with Crippen molar-refractivity contribution < 1.29 is 19.1 Å². The van der Waals surface area contributed by atoms with Crippen molar-refractivity contribution in [1.82, 2.24) is 4.98 Å². The minimum atomic E-state index is -1.03. The summed E-state index contributed by atoms with van der Waals surface area (Å²) in [6.07, 6.45) is 2.03. The van der Waals surface area contributed by atoms with Crippen molar-refractivity contribution in [1.29, 1.82) is 0 Å². The van der Waals surface area contributed by atoms with E-state index in [1.807, 2.05) is 6.92 Å². The van der Waals surface area contributed by atoms with Gasteiger partial charge in [0.05, 0.1) is 11.1 Å². The molecule has 0 aliphatic carbocycles. The molecule has 0 unspecified atom stereocenters. The molecule has 2 N–H and O–H groups in total. The Labute approximate surface area is 147 Å². The summed E-state index contributed by atoms with van der Waals surface area (Å²) in [4.78, 5) is 26.7. The van der Waals surface area contributed by atoms with Gasteiger partial charge >= 0.3 is 5.97 Å². The highest BCUT2D eigenvalue weighted by Crippen LogP contribution is 2.24. The summed E-state index contributed by atoms with van der Waals surface area (Å²) in [7, 11) is 0. The molecule has 0 aliphatic rings. The van der Waals surface area contributed by atoms with Gasteiger partial charge in [-0.15, -0.1) is 0 Å². The molecular weight excluding hydrogens is 344 g/mol. The zero-order chi connectivity index (χ0) is 18.0. The molecule has 6 nitrogen and oxygen atoms in total. The van der Waals surface area contributed by atoms with Gasteiger partial charge in [0.25, 0.3) is 0 Å². The van der Waals surface area contributed by atoms with E-state index in [-0.39, 0.29) is 17.0 Å². The van der Waals surface area contributed by atoms with Crippen LogP contribution in [0.2, 0.25) is 5.02 Å². The fourth-order valence-electron chi connectivity index (χ4n) is 2.24. The van der Waals surface area contributed by atoms with Gasteiger partial charge in [-0.3, -0.25) is 4.79 Å². The number of hydrogen-bond acceptors (Lipinski definition) is 5. The number of aldehydes is 1. The largest absolute Gasteiger partial charge is 0.478 e. The van der Waals surface area contributed by atoms with E-state index in [9.17, 15) is 9.59 Å². The number of hydrogen-bond donors (Lipinski definition) is 2. The number of allylic oxidation sites excluding steroid dienone is 1. The van der Waals surface area contributed by atoms with Crippen molar-refractivity contribution in [3.63, 3.8) is 0 Å². The first-order valence-electron chi connectivity index (χ1n) is 7.30. The molecule has 2 aromatic carbocycles. The second-order valence-electron chi connectivity index (χ2n) is 5.33. The Balaban J connectivity index is 1.93. The van der Waals surface area contributed by atoms with Crippen LogP contribution in [0.4, 0.5) is 5.69 Å². The van der Waals surface area contributed by atoms with Crippen LogP contribution in [-0.2, 0) is 4.79 Å². The van der Waals surface area contributed by atoms with Crippen molar-refractivity contribution >= 4 is 46.2 Å². The van der Waals surface area contributed by atoms with Crippen LogP contribution < -0.4 is 5.32 Å². The Morgan fingerprint density at radius 1 is 1.28 bits per heavy atom. The van der Waals surface area contributed by atoms with Crippen LogP contribution in [-0.4, -0.2) is 22.3 Å². The summed E-state index contributed by atoms with van der Waals surface area (Å²) >= 11 is 5.91. The number of anilines is 1. The molecule has 126 valence electrons. The molecule has 3 aromatic rings. The number of fused-ring (bicyclic) bond motifs is 1. The fraction of sp³-hybridized carbons (Fsp3) is 0.0556. The van der Waals surface area contributed by atoms with Crippen molar-refractivity contribution in [2.75, 3.05) is 5.32 Å². The van der Waals surface area contributed by atoms with E-state index in [4.69, 9.17) is 21.1 Å². The van der Waals surface area contributed by atoms with Gasteiger partial charge < -0.3 is 14.8 Å². The number of benzene rings is 2. The monoisotopic (exact) mass is 356 g/mol. The molecule has 0 spiro atoms. The topological polar surface area (TPSA) is 92.4 Å². The van der Waals surface area contributed by atoms with Gasteiger partial charge in [-0.1, -0.05) is 17.7 Å².